The zero-order valence-corrected chi connectivity index (χ0v) is 13.3. The van der Waals surface area contributed by atoms with Gasteiger partial charge in [0.05, 0.1) is 18.2 Å². The van der Waals surface area contributed by atoms with Crippen molar-refractivity contribution in [3.05, 3.63) is 29.8 Å². The molecule has 0 spiro atoms. The summed E-state index contributed by atoms with van der Waals surface area (Å²) in [5.74, 6) is -0.267. The van der Waals surface area contributed by atoms with E-state index in [1.54, 1.807) is 6.92 Å². The van der Waals surface area contributed by atoms with Gasteiger partial charge in [-0.25, -0.2) is 4.79 Å². The first kappa shape index (κ1) is 18.4. The number of ether oxygens (including phenoxy) is 1. The van der Waals surface area contributed by atoms with Crippen LogP contribution < -0.4 is 15.4 Å². The van der Waals surface area contributed by atoms with E-state index in [9.17, 15) is 18.0 Å². The van der Waals surface area contributed by atoms with Crippen LogP contribution in [-0.2, 0) is 6.18 Å². The normalized spacial score (nSPS) is 17.0. The van der Waals surface area contributed by atoms with E-state index in [0.717, 1.165) is 18.9 Å². The van der Waals surface area contributed by atoms with Crippen molar-refractivity contribution in [3.8, 4) is 5.75 Å². The summed E-state index contributed by atoms with van der Waals surface area (Å²) in [6.45, 7) is 1.94. The Bertz CT molecular complexity index is 574. The number of halogens is 3. The third-order valence-electron chi connectivity index (χ3n) is 3.98. The second-order valence-electron chi connectivity index (χ2n) is 6.19. The van der Waals surface area contributed by atoms with E-state index in [1.165, 1.54) is 18.2 Å². The van der Waals surface area contributed by atoms with Crippen molar-refractivity contribution in [2.45, 2.75) is 32.0 Å². The van der Waals surface area contributed by atoms with Crippen molar-refractivity contribution in [3.63, 3.8) is 0 Å². The van der Waals surface area contributed by atoms with E-state index in [2.05, 4.69) is 10.6 Å². The molecule has 1 aromatic rings. The smallest absolute Gasteiger partial charge is 0.419 e. The number of aliphatic hydroxyl groups excluding tert-OH is 1. The molecule has 1 unspecified atom stereocenters. The van der Waals surface area contributed by atoms with Crippen LogP contribution in [0.1, 0.15) is 25.3 Å². The number of aliphatic hydroxyl groups is 1. The van der Waals surface area contributed by atoms with Gasteiger partial charge in [0, 0.05) is 12.0 Å². The van der Waals surface area contributed by atoms with Crippen LogP contribution in [0.5, 0.6) is 5.75 Å². The molecule has 0 bridgehead atoms. The van der Waals surface area contributed by atoms with Gasteiger partial charge in [0.15, 0.2) is 0 Å². The van der Waals surface area contributed by atoms with Crippen molar-refractivity contribution in [1.29, 1.82) is 0 Å². The summed E-state index contributed by atoms with van der Waals surface area (Å²) in [4.78, 5) is 11.7. The van der Waals surface area contributed by atoms with Gasteiger partial charge in [0.25, 0.3) is 0 Å². The maximum Gasteiger partial charge on any atom is 0.419 e. The van der Waals surface area contributed by atoms with E-state index in [-0.39, 0.29) is 24.4 Å². The van der Waals surface area contributed by atoms with E-state index in [0.29, 0.717) is 6.54 Å². The molecule has 8 heteroatoms. The number of carbonyl (C=O) groups is 1. The highest BCUT2D eigenvalue weighted by molar-refractivity contribution is 5.74. The number of nitrogens with one attached hydrogen (secondary N) is 2. The molecular formula is C16H21F3N2O3. The van der Waals surface area contributed by atoms with Gasteiger partial charge < -0.3 is 20.5 Å². The monoisotopic (exact) mass is 346 g/mol. The van der Waals surface area contributed by atoms with Crippen molar-refractivity contribution in [2.75, 3.05) is 19.8 Å². The molecule has 134 valence electrons. The largest absolute Gasteiger partial charge is 0.491 e. The highest BCUT2D eigenvalue weighted by atomic mass is 19.4. The molecule has 1 aliphatic carbocycles. The van der Waals surface area contributed by atoms with Crippen LogP contribution in [0.25, 0.3) is 0 Å². The molecule has 0 radical (unpaired) electrons. The average molecular weight is 346 g/mol. The first-order valence-corrected chi connectivity index (χ1v) is 7.70. The van der Waals surface area contributed by atoms with Gasteiger partial charge in [-0.15, -0.1) is 0 Å². The number of alkyl halides is 3. The predicted molar refractivity (Wildman–Crippen MR) is 81.7 cm³/mol. The van der Waals surface area contributed by atoms with Crippen LogP contribution in [0, 0.1) is 5.41 Å². The summed E-state index contributed by atoms with van der Waals surface area (Å²) in [5, 5.41) is 14.4. The Hall–Kier alpha value is -1.96. The number of urea groups is 1. The summed E-state index contributed by atoms with van der Waals surface area (Å²) < 4.78 is 43.8. The van der Waals surface area contributed by atoms with Gasteiger partial charge in [-0.1, -0.05) is 12.1 Å². The predicted octanol–water partition coefficient (Wildman–Crippen LogP) is 2.54. The lowest BCUT2D eigenvalue weighted by Gasteiger charge is -2.19. The number of rotatable bonds is 7. The minimum atomic E-state index is -4.49. The van der Waals surface area contributed by atoms with Crippen LogP contribution in [0.3, 0.4) is 0 Å². The van der Waals surface area contributed by atoms with Gasteiger partial charge in [0.1, 0.15) is 12.4 Å². The Kier molecular flexibility index (Phi) is 5.58. The van der Waals surface area contributed by atoms with Gasteiger partial charge in [-0.2, -0.15) is 13.2 Å². The van der Waals surface area contributed by atoms with Gasteiger partial charge in [-0.05, 0) is 31.9 Å². The summed E-state index contributed by atoms with van der Waals surface area (Å²) in [6.07, 6.45) is -2.75. The van der Waals surface area contributed by atoms with E-state index in [1.807, 2.05) is 0 Å². The van der Waals surface area contributed by atoms with Crippen molar-refractivity contribution >= 4 is 6.03 Å². The van der Waals surface area contributed by atoms with Crippen LogP contribution in [0.15, 0.2) is 24.3 Å². The zero-order chi connectivity index (χ0) is 17.8. The van der Waals surface area contributed by atoms with Gasteiger partial charge in [-0.3, -0.25) is 0 Å². The Labute approximate surface area is 138 Å². The quantitative estimate of drug-likeness (QED) is 0.711. The molecule has 3 N–H and O–H groups in total. The molecule has 1 aromatic carbocycles. The summed E-state index contributed by atoms with van der Waals surface area (Å²) in [6, 6.07) is 4.03. The van der Waals surface area contributed by atoms with Crippen molar-refractivity contribution in [2.24, 2.45) is 5.41 Å². The van der Waals surface area contributed by atoms with Gasteiger partial charge in [0.2, 0.25) is 0 Å². The summed E-state index contributed by atoms with van der Waals surface area (Å²) >= 11 is 0. The third-order valence-corrected chi connectivity index (χ3v) is 3.98. The second-order valence-corrected chi connectivity index (χ2v) is 6.19. The molecule has 0 saturated heterocycles. The highest BCUT2D eigenvalue weighted by Gasteiger charge is 2.42. The fourth-order valence-electron chi connectivity index (χ4n) is 2.19. The van der Waals surface area contributed by atoms with E-state index >= 15 is 0 Å². The van der Waals surface area contributed by atoms with E-state index in [4.69, 9.17) is 9.84 Å². The highest BCUT2D eigenvalue weighted by Crippen LogP contribution is 2.44. The fraction of sp³-hybridized carbons (Fsp3) is 0.562. The van der Waals surface area contributed by atoms with Gasteiger partial charge >= 0.3 is 12.2 Å². The maximum atomic E-state index is 12.9. The zero-order valence-electron chi connectivity index (χ0n) is 13.3. The minimum Gasteiger partial charge on any atom is -0.491 e. The number of para-hydroxylation sites is 1. The second kappa shape index (κ2) is 7.29. The maximum absolute atomic E-state index is 12.9. The number of hydrogen-bond acceptors (Lipinski definition) is 3. The molecule has 2 amide bonds. The Morgan fingerprint density at radius 3 is 2.62 bits per heavy atom. The average Bonchev–Trinajstić information content (AvgIpc) is 3.31. The lowest BCUT2D eigenvalue weighted by atomic mass is 10.1. The summed E-state index contributed by atoms with van der Waals surface area (Å²) in [5.41, 5.74) is -1.05. The molecule has 0 aromatic heterocycles. The molecule has 0 aliphatic heterocycles. The molecule has 1 saturated carbocycles. The molecule has 1 aliphatic rings. The molecule has 1 atom stereocenters. The summed E-state index contributed by atoms with van der Waals surface area (Å²) in [7, 11) is 0. The first-order valence-electron chi connectivity index (χ1n) is 7.70. The number of carbonyl (C=O) groups excluding carboxylic acids is 1. The Morgan fingerprint density at radius 1 is 1.38 bits per heavy atom. The van der Waals surface area contributed by atoms with Crippen LogP contribution >= 0.6 is 0 Å². The molecule has 0 heterocycles. The SMILES string of the molecule is CC(COc1ccccc1C(F)(F)F)NC(=O)NCC1(CO)CC1. The van der Waals surface area contributed by atoms with Crippen molar-refractivity contribution in [1.82, 2.24) is 10.6 Å². The lowest BCUT2D eigenvalue weighted by Crippen LogP contribution is -2.45. The first-order chi connectivity index (χ1) is 11.3. The van der Waals surface area contributed by atoms with Crippen LogP contribution in [0.4, 0.5) is 18.0 Å². The molecule has 1 fully saturated rings. The molecule has 5 nitrogen and oxygen atoms in total. The standard InChI is InChI=1S/C16H21F3N2O3/c1-11(21-14(23)20-9-15(10-22)6-7-15)8-24-13-5-3-2-4-12(13)16(17,18)19/h2-5,11,22H,6-10H2,1H3,(H2,20,21,23). The van der Waals surface area contributed by atoms with Crippen LogP contribution in [-0.4, -0.2) is 36.9 Å². The Morgan fingerprint density at radius 2 is 2.04 bits per heavy atom. The molecular weight excluding hydrogens is 325 g/mol. The fourth-order valence-corrected chi connectivity index (χ4v) is 2.19. The van der Waals surface area contributed by atoms with E-state index < -0.39 is 23.8 Å². The Balaban J connectivity index is 1.79. The molecule has 2 rings (SSSR count). The third kappa shape index (κ3) is 5.02. The van der Waals surface area contributed by atoms with Crippen molar-refractivity contribution < 1.29 is 27.8 Å². The molecule has 24 heavy (non-hydrogen) atoms. The lowest BCUT2D eigenvalue weighted by molar-refractivity contribution is -0.139. The minimum absolute atomic E-state index is 0.0279. The number of amides is 2. The number of hydrogen-bond donors (Lipinski definition) is 3. The van der Waals surface area contributed by atoms with Crippen LogP contribution in [0.2, 0.25) is 0 Å². The number of benzene rings is 1. The topological polar surface area (TPSA) is 70.6 Å².